The molecule has 1 aliphatic carbocycles. The fraction of sp³-hybridized carbons (Fsp3) is 0.739. The lowest BCUT2D eigenvalue weighted by Gasteiger charge is -2.67. The summed E-state index contributed by atoms with van der Waals surface area (Å²) < 4.78 is 21.0. The summed E-state index contributed by atoms with van der Waals surface area (Å²) in [4.78, 5) is 5.87. The summed E-state index contributed by atoms with van der Waals surface area (Å²) in [5.41, 5.74) is 0.754. The summed E-state index contributed by atoms with van der Waals surface area (Å²) in [5.74, 6) is 1.95. The number of ether oxygens (including phenoxy) is 2. The zero-order valence-electron chi connectivity index (χ0n) is 34.0. The minimum absolute atomic E-state index is 0.152. The van der Waals surface area contributed by atoms with Crippen LogP contribution in [-0.4, -0.2) is 86.9 Å². The van der Waals surface area contributed by atoms with Crippen LogP contribution < -0.4 is 4.74 Å². The number of aliphatic hydroxyl groups is 1. The van der Waals surface area contributed by atoms with E-state index in [4.69, 9.17) is 13.9 Å². The van der Waals surface area contributed by atoms with Gasteiger partial charge in [-0.2, -0.15) is 0 Å². The molecule has 6 nitrogen and oxygen atoms in total. The SMILES string of the molecule is CC[Si](CC)(CC)O[C@H]1/C=C/C=C/C/C=C\CCCN2C[C@H]3C[C@]4(CO)CCCCCCCCCCN5CC[C@H]3[C@@]2([C@@H]1OCc1ccc(OC)cc1)[C@@H]54. The second kappa shape index (κ2) is 19.4. The Morgan fingerprint density at radius 2 is 1.57 bits per heavy atom. The maximum atomic E-state index is 11.9. The maximum absolute atomic E-state index is 11.9. The van der Waals surface area contributed by atoms with Gasteiger partial charge in [-0.25, -0.2) is 0 Å². The molecule has 1 aromatic rings. The van der Waals surface area contributed by atoms with Crippen LogP contribution in [0.3, 0.4) is 0 Å². The number of aliphatic hydroxyl groups excluding tert-OH is 1. The number of piperidine rings is 1. The fourth-order valence-corrected chi connectivity index (χ4v) is 14.6. The van der Waals surface area contributed by atoms with Crippen LogP contribution in [0.1, 0.15) is 116 Å². The Hall–Kier alpha value is -1.74. The summed E-state index contributed by atoms with van der Waals surface area (Å²) in [7, 11) is -0.335. The summed E-state index contributed by atoms with van der Waals surface area (Å²) >= 11 is 0. The molecule has 0 radical (unpaired) electrons. The number of methoxy groups -OCH3 is 1. The summed E-state index contributed by atoms with van der Waals surface area (Å²) in [6.45, 7) is 12.3. The summed E-state index contributed by atoms with van der Waals surface area (Å²) in [5, 5.41) is 11.9. The van der Waals surface area contributed by atoms with Crippen molar-refractivity contribution in [3.8, 4) is 5.75 Å². The number of allylic oxidation sites excluding steroid dienone is 5. The Morgan fingerprint density at radius 3 is 2.28 bits per heavy atom. The number of nitrogens with zero attached hydrogens (tertiary/aromatic N) is 2. The van der Waals surface area contributed by atoms with Crippen molar-refractivity contribution in [2.75, 3.05) is 39.9 Å². The minimum atomic E-state index is -2.07. The van der Waals surface area contributed by atoms with Gasteiger partial charge >= 0.3 is 0 Å². The number of benzene rings is 1. The van der Waals surface area contributed by atoms with Gasteiger partial charge in [-0.15, -0.1) is 0 Å². The molecule has 4 bridgehead atoms. The van der Waals surface area contributed by atoms with Crippen molar-refractivity contribution in [3.05, 3.63) is 66.3 Å². The highest BCUT2D eigenvalue weighted by molar-refractivity contribution is 6.73. The molecule has 7 heteroatoms. The van der Waals surface area contributed by atoms with E-state index < -0.39 is 8.32 Å². The van der Waals surface area contributed by atoms with E-state index in [1.807, 2.05) is 0 Å². The Balaban J connectivity index is 1.55. The second-order valence-corrected chi connectivity index (χ2v) is 22.0. The number of hydrogen-bond acceptors (Lipinski definition) is 6. The van der Waals surface area contributed by atoms with Crippen molar-refractivity contribution in [1.29, 1.82) is 0 Å². The molecule has 0 amide bonds. The van der Waals surface area contributed by atoms with Gasteiger partial charge in [0.15, 0.2) is 8.32 Å². The van der Waals surface area contributed by atoms with E-state index in [1.54, 1.807) is 7.11 Å². The molecule has 0 aromatic heterocycles. The largest absolute Gasteiger partial charge is 0.497 e. The van der Waals surface area contributed by atoms with Gasteiger partial charge in [0.1, 0.15) is 11.9 Å². The average molecular weight is 747 g/mol. The molecular formula is C46H74N2O4Si. The van der Waals surface area contributed by atoms with Gasteiger partial charge in [0.25, 0.3) is 0 Å². The van der Waals surface area contributed by atoms with Crippen LogP contribution in [0.15, 0.2) is 60.7 Å². The van der Waals surface area contributed by atoms with Crippen LogP contribution in [-0.2, 0) is 15.8 Å². The molecule has 7 atom stereocenters. The van der Waals surface area contributed by atoms with Gasteiger partial charge in [-0.05, 0) is 112 Å². The van der Waals surface area contributed by atoms with Crippen LogP contribution >= 0.6 is 0 Å². The van der Waals surface area contributed by atoms with Gasteiger partial charge in [-0.3, -0.25) is 9.80 Å². The third kappa shape index (κ3) is 8.81. The van der Waals surface area contributed by atoms with Gasteiger partial charge in [-0.1, -0.05) is 114 Å². The first kappa shape index (κ1) is 40.9. The monoisotopic (exact) mass is 747 g/mol. The van der Waals surface area contributed by atoms with Crippen LogP contribution in [0.4, 0.5) is 0 Å². The van der Waals surface area contributed by atoms with Crippen molar-refractivity contribution in [2.24, 2.45) is 17.3 Å². The average Bonchev–Trinajstić information content (AvgIpc) is 3.43. The Labute approximate surface area is 324 Å². The van der Waals surface area contributed by atoms with Gasteiger partial charge in [0.2, 0.25) is 0 Å². The van der Waals surface area contributed by atoms with Crippen molar-refractivity contribution < 1.29 is 19.0 Å². The van der Waals surface area contributed by atoms with Gasteiger partial charge in [0, 0.05) is 18.0 Å². The standard InChI is InChI=1S/C46H74N2O4Si/c1-5-53(6-2,7-3)52-42-24-20-16-12-8-10-15-19-23-32-48-35-39-34-45(37-49)30-21-17-13-9-11-14-18-22-31-47-33-29-41(39)46(48,44(45)47)43(42)51-36-38-25-27-40(50-4)28-26-38/h10,12,15-16,20,24-28,39,41-44,49H,5-9,11,13-14,17-19,21-23,29-37H2,1-4H3/b15-10-,16-12+,24-20+/t39-,41-,42+,43-,44+,45+,46-/m1/s1. The third-order valence-corrected chi connectivity index (χ3v) is 19.2. The molecule has 0 unspecified atom stereocenters. The molecule has 53 heavy (non-hydrogen) atoms. The maximum Gasteiger partial charge on any atom is 0.193 e. The molecule has 4 aliphatic heterocycles. The second-order valence-electron chi connectivity index (χ2n) is 17.3. The van der Waals surface area contributed by atoms with Crippen LogP contribution in [0, 0.1) is 17.3 Å². The zero-order chi connectivity index (χ0) is 37.2. The fourth-order valence-electron chi connectivity index (χ4n) is 11.8. The summed E-state index contributed by atoms with van der Waals surface area (Å²) in [6, 6.07) is 12.0. The third-order valence-electron chi connectivity index (χ3n) is 14.6. The van der Waals surface area contributed by atoms with E-state index in [0.717, 1.165) is 82.2 Å². The molecule has 4 fully saturated rings. The predicted molar refractivity (Wildman–Crippen MR) is 222 cm³/mol. The van der Waals surface area contributed by atoms with Crippen molar-refractivity contribution in [3.63, 3.8) is 0 Å². The van der Waals surface area contributed by atoms with Crippen molar-refractivity contribution >= 4 is 8.32 Å². The highest BCUT2D eigenvalue weighted by Gasteiger charge is 2.73. The van der Waals surface area contributed by atoms with E-state index in [-0.39, 0.29) is 35.8 Å². The van der Waals surface area contributed by atoms with E-state index in [2.05, 4.69) is 91.3 Å². The molecule has 1 spiro atoms. The lowest BCUT2D eigenvalue weighted by Crippen LogP contribution is -2.79. The first-order valence-electron chi connectivity index (χ1n) is 22.0. The lowest BCUT2D eigenvalue weighted by molar-refractivity contribution is -0.214. The molecule has 296 valence electrons. The first-order chi connectivity index (χ1) is 26.0. The van der Waals surface area contributed by atoms with Crippen LogP contribution in [0.25, 0.3) is 0 Å². The van der Waals surface area contributed by atoms with Crippen LogP contribution in [0.5, 0.6) is 5.75 Å². The first-order valence-corrected chi connectivity index (χ1v) is 24.5. The smallest absolute Gasteiger partial charge is 0.193 e. The van der Waals surface area contributed by atoms with E-state index >= 15 is 0 Å². The van der Waals surface area contributed by atoms with E-state index in [1.165, 1.54) is 63.4 Å². The molecule has 1 N–H and O–H groups in total. The summed E-state index contributed by atoms with van der Waals surface area (Å²) in [6.07, 6.45) is 30.7. The van der Waals surface area contributed by atoms with Crippen LogP contribution in [0.2, 0.25) is 18.1 Å². The molecule has 1 saturated carbocycles. The highest BCUT2D eigenvalue weighted by Crippen LogP contribution is 2.64. The molecule has 5 aliphatic rings. The highest BCUT2D eigenvalue weighted by atomic mass is 28.4. The van der Waals surface area contributed by atoms with E-state index in [0.29, 0.717) is 18.4 Å². The topological polar surface area (TPSA) is 54.4 Å². The lowest BCUT2D eigenvalue weighted by atomic mass is 9.50. The molecule has 3 saturated heterocycles. The molecular weight excluding hydrogens is 673 g/mol. The number of rotatable bonds is 10. The van der Waals surface area contributed by atoms with Gasteiger partial charge < -0.3 is 19.0 Å². The quantitative estimate of drug-likeness (QED) is 0.190. The van der Waals surface area contributed by atoms with Crippen molar-refractivity contribution in [1.82, 2.24) is 9.80 Å². The molecule has 1 aromatic carbocycles. The predicted octanol–water partition coefficient (Wildman–Crippen LogP) is 10.1. The molecule has 6 rings (SSSR count). The minimum Gasteiger partial charge on any atom is -0.497 e. The number of hydrogen-bond donors (Lipinski definition) is 1. The molecule has 4 heterocycles. The van der Waals surface area contributed by atoms with Gasteiger partial charge in [0.05, 0.1) is 32.0 Å². The Bertz CT molecular complexity index is 1340. The van der Waals surface area contributed by atoms with Crippen molar-refractivity contribution in [2.45, 2.75) is 159 Å². The Morgan fingerprint density at radius 1 is 0.830 bits per heavy atom. The zero-order valence-corrected chi connectivity index (χ0v) is 35.0. The Kier molecular flexibility index (Phi) is 15.0. The normalized spacial score (nSPS) is 35.5. The van der Waals surface area contributed by atoms with E-state index in [9.17, 15) is 5.11 Å².